The molecule has 5 nitrogen and oxygen atoms in total. The summed E-state index contributed by atoms with van der Waals surface area (Å²) in [5.41, 5.74) is 2.73. The van der Waals surface area contributed by atoms with Gasteiger partial charge in [0.25, 0.3) is 0 Å². The first-order chi connectivity index (χ1) is 11.7. The summed E-state index contributed by atoms with van der Waals surface area (Å²) in [5.74, 6) is 0.484. The van der Waals surface area contributed by atoms with Crippen LogP contribution in [0.3, 0.4) is 0 Å². The van der Waals surface area contributed by atoms with Crippen LogP contribution in [0.25, 0.3) is 0 Å². The van der Waals surface area contributed by atoms with Crippen LogP contribution >= 0.6 is 0 Å². The Morgan fingerprint density at radius 1 is 1.12 bits per heavy atom. The number of aryl methyl sites for hydroxylation is 1. The molecule has 1 heterocycles. The van der Waals surface area contributed by atoms with Gasteiger partial charge in [0.1, 0.15) is 0 Å². The largest absolute Gasteiger partial charge is 0.355 e. The lowest BCUT2D eigenvalue weighted by Crippen LogP contribution is -2.52. The fourth-order valence-electron chi connectivity index (χ4n) is 3.75. The monoisotopic (exact) mass is 329 g/mol. The van der Waals surface area contributed by atoms with Gasteiger partial charge in [0.05, 0.1) is 6.54 Å². The van der Waals surface area contributed by atoms with Crippen molar-refractivity contribution in [3.63, 3.8) is 0 Å². The van der Waals surface area contributed by atoms with Crippen molar-refractivity contribution >= 4 is 11.8 Å². The predicted molar refractivity (Wildman–Crippen MR) is 93.7 cm³/mol. The zero-order valence-electron chi connectivity index (χ0n) is 14.5. The van der Waals surface area contributed by atoms with Crippen LogP contribution in [0.1, 0.15) is 24.5 Å². The lowest BCUT2D eigenvalue weighted by molar-refractivity contribution is -0.137. The van der Waals surface area contributed by atoms with Crippen molar-refractivity contribution in [3.8, 4) is 0 Å². The minimum Gasteiger partial charge on any atom is -0.355 e. The Labute approximate surface area is 144 Å². The maximum atomic E-state index is 12.8. The molecular formula is C19H27N3O2. The third-order valence-corrected chi connectivity index (χ3v) is 5.12. The lowest BCUT2D eigenvalue weighted by Gasteiger charge is -2.37. The number of likely N-dealkylation sites (N-methyl/N-ethyl adjacent to an activating group) is 1. The minimum atomic E-state index is 0.0705. The van der Waals surface area contributed by atoms with E-state index in [2.05, 4.69) is 34.5 Å². The zero-order valence-corrected chi connectivity index (χ0v) is 14.5. The van der Waals surface area contributed by atoms with E-state index in [1.165, 1.54) is 11.1 Å². The zero-order chi connectivity index (χ0) is 16.9. The van der Waals surface area contributed by atoms with E-state index in [0.717, 1.165) is 45.4 Å². The van der Waals surface area contributed by atoms with Gasteiger partial charge in [0, 0.05) is 38.6 Å². The standard InChI is InChI=1S/C19H27N3O2/c1-2-20-18(23)14-21-9-11-22(12-10-21)19(24)17-8-7-15-5-3-4-6-16(15)13-17/h3-6,17H,2,7-14H2,1H3,(H,20,23)/t17-/m1/s1. The molecule has 24 heavy (non-hydrogen) atoms. The molecule has 3 rings (SSSR count). The van der Waals surface area contributed by atoms with E-state index in [-0.39, 0.29) is 11.8 Å². The number of hydrogen-bond donors (Lipinski definition) is 1. The maximum Gasteiger partial charge on any atom is 0.234 e. The number of hydrogen-bond acceptors (Lipinski definition) is 3. The van der Waals surface area contributed by atoms with Gasteiger partial charge in [-0.1, -0.05) is 24.3 Å². The molecule has 1 aromatic carbocycles. The normalized spacial score (nSPS) is 21.2. The van der Waals surface area contributed by atoms with Gasteiger partial charge in [-0.2, -0.15) is 0 Å². The predicted octanol–water partition coefficient (Wildman–Crippen LogP) is 1.07. The van der Waals surface area contributed by atoms with Crippen molar-refractivity contribution in [2.45, 2.75) is 26.2 Å². The van der Waals surface area contributed by atoms with Crippen LogP contribution in [0.4, 0.5) is 0 Å². The second-order valence-electron chi connectivity index (χ2n) is 6.76. The third-order valence-electron chi connectivity index (χ3n) is 5.12. The summed E-state index contributed by atoms with van der Waals surface area (Å²) in [6.45, 7) is 6.06. The van der Waals surface area contributed by atoms with Gasteiger partial charge in [-0.3, -0.25) is 14.5 Å². The van der Waals surface area contributed by atoms with E-state index in [0.29, 0.717) is 19.0 Å². The van der Waals surface area contributed by atoms with Gasteiger partial charge < -0.3 is 10.2 Å². The number of nitrogens with one attached hydrogen (secondary N) is 1. The fourth-order valence-corrected chi connectivity index (χ4v) is 3.75. The average Bonchev–Trinajstić information content (AvgIpc) is 2.61. The van der Waals surface area contributed by atoms with Crippen LogP contribution < -0.4 is 5.32 Å². The highest BCUT2D eigenvalue weighted by molar-refractivity contribution is 5.80. The molecule has 1 saturated heterocycles. The molecule has 2 aliphatic rings. The van der Waals surface area contributed by atoms with Crippen LogP contribution in [0.2, 0.25) is 0 Å². The SMILES string of the molecule is CCNC(=O)CN1CCN(C(=O)[C@@H]2CCc3ccccc3C2)CC1. The first kappa shape index (κ1) is 17.0. The summed E-state index contributed by atoms with van der Waals surface area (Å²) >= 11 is 0. The maximum absolute atomic E-state index is 12.8. The van der Waals surface area contributed by atoms with Crippen molar-refractivity contribution in [2.24, 2.45) is 5.92 Å². The van der Waals surface area contributed by atoms with E-state index in [4.69, 9.17) is 0 Å². The van der Waals surface area contributed by atoms with Crippen LogP contribution in [0.15, 0.2) is 24.3 Å². The molecule has 1 aromatic rings. The molecule has 1 atom stereocenters. The molecule has 2 amide bonds. The lowest BCUT2D eigenvalue weighted by atomic mass is 9.83. The van der Waals surface area contributed by atoms with Gasteiger partial charge in [0.2, 0.25) is 11.8 Å². The number of carbonyl (C=O) groups excluding carboxylic acids is 2. The van der Waals surface area contributed by atoms with Crippen molar-refractivity contribution in [3.05, 3.63) is 35.4 Å². The van der Waals surface area contributed by atoms with Crippen molar-refractivity contribution in [1.29, 1.82) is 0 Å². The Morgan fingerprint density at radius 2 is 1.83 bits per heavy atom. The highest BCUT2D eigenvalue weighted by Gasteiger charge is 2.30. The summed E-state index contributed by atoms with van der Waals surface area (Å²) in [7, 11) is 0. The molecule has 0 radical (unpaired) electrons. The Kier molecular flexibility index (Phi) is 5.51. The van der Waals surface area contributed by atoms with E-state index < -0.39 is 0 Å². The van der Waals surface area contributed by atoms with Gasteiger partial charge >= 0.3 is 0 Å². The Hall–Kier alpha value is -1.88. The quantitative estimate of drug-likeness (QED) is 0.899. The number of benzene rings is 1. The molecule has 0 saturated carbocycles. The second-order valence-corrected chi connectivity index (χ2v) is 6.76. The summed E-state index contributed by atoms with van der Waals surface area (Å²) < 4.78 is 0. The number of carbonyl (C=O) groups is 2. The van der Waals surface area contributed by atoms with E-state index >= 15 is 0 Å². The van der Waals surface area contributed by atoms with Gasteiger partial charge in [-0.15, -0.1) is 0 Å². The number of rotatable bonds is 4. The van der Waals surface area contributed by atoms with E-state index in [1.54, 1.807) is 0 Å². The van der Waals surface area contributed by atoms with Crippen LogP contribution in [-0.4, -0.2) is 60.9 Å². The number of fused-ring (bicyclic) bond motifs is 1. The summed E-state index contributed by atoms with van der Waals surface area (Å²) in [4.78, 5) is 28.6. The number of amides is 2. The number of piperazine rings is 1. The van der Waals surface area contributed by atoms with Crippen LogP contribution in [-0.2, 0) is 22.4 Å². The molecule has 5 heteroatoms. The number of nitrogens with zero attached hydrogens (tertiary/aromatic N) is 2. The van der Waals surface area contributed by atoms with Gasteiger partial charge in [0.15, 0.2) is 0 Å². The first-order valence-electron chi connectivity index (χ1n) is 9.02. The minimum absolute atomic E-state index is 0.0705. The molecule has 1 N–H and O–H groups in total. The fraction of sp³-hybridized carbons (Fsp3) is 0.579. The van der Waals surface area contributed by atoms with Crippen molar-refractivity contribution in [2.75, 3.05) is 39.3 Å². The first-order valence-corrected chi connectivity index (χ1v) is 9.02. The van der Waals surface area contributed by atoms with E-state index in [1.807, 2.05) is 11.8 Å². The third kappa shape index (κ3) is 3.96. The highest BCUT2D eigenvalue weighted by Crippen LogP contribution is 2.27. The summed E-state index contributed by atoms with van der Waals surface area (Å²) in [6, 6.07) is 8.47. The van der Waals surface area contributed by atoms with Crippen molar-refractivity contribution in [1.82, 2.24) is 15.1 Å². The molecule has 1 aliphatic heterocycles. The van der Waals surface area contributed by atoms with Gasteiger partial charge in [-0.05, 0) is 37.3 Å². The molecule has 1 aliphatic carbocycles. The summed E-state index contributed by atoms with van der Waals surface area (Å²) in [5, 5.41) is 2.83. The molecule has 0 unspecified atom stereocenters. The van der Waals surface area contributed by atoms with E-state index in [9.17, 15) is 9.59 Å². The average molecular weight is 329 g/mol. The van der Waals surface area contributed by atoms with Crippen molar-refractivity contribution < 1.29 is 9.59 Å². The molecule has 0 aromatic heterocycles. The summed E-state index contributed by atoms with van der Waals surface area (Å²) in [6.07, 6.45) is 2.83. The Morgan fingerprint density at radius 3 is 2.54 bits per heavy atom. The topological polar surface area (TPSA) is 52.7 Å². The Balaban J connectivity index is 1.50. The molecule has 1 fully saturated rings. The Bertz CT molecular complexity index is 594. The van der Waals surface area contributed by atoms with Gasteiger partial charge in [-0.25, -0.2) is 0 Å². The second kappa shape index (κ2) is 7.79. The smallest absolute Gasteiger partial charge is 0.234 e. The highest BCUT2D eigenvalue weighted by atomic mass is 16.2. The molecule has 130 valence electrons. The van der Waals surface area contributed by atoms with Crippen LogP contribution in [0, 0.1) is 5.92 Å². The molecule has 0 bridgehead atoms. The molecule has 0 spiro atoms. The van der Waals surface area contributed by atoms with Crippen LogP contribution in [0.5, 0.6) is 0 Å². The molecular weight excluding hydrogens is 302 g/mol.